The fourth-order valence-corrected chi connectivity index (χ4v) is 8.10. The molecule has 1 unspecified atom stereocenters. The standard InChI is InChI=1S/C35H48BrN3O7/c1-6-8-13-27(41)37-21-24(5)45-34(44)28-29-32(42)39(17-11-9-10-12-18-40)31(35(29)20-25(36)30(28)46-35)33(43)38(16-7-2)26-19-22(3)14-15-23(26)4/h6-7,14-15,19,24-25,28-31,40H,1-2,8-13,16-18,20-21H2,3-5H3,(H,37,41)/t24-,25?,28+,29-,30+,31+,35-/m1/s1. The number of carbonyl (C=O) groups is 4. The lowest BCUT2D eigenvalue weighted by atomic mass is 9.70. The van der Waals surface area contributed by atoms with Crippen LogP contribution in [-0.2, 0) is 28.7 Å². The Hall–Kier alpha value is -3.02. The molecule has 1 spiro atoms. The Balaban J connectivity index is 1.65. The van der Waals surface area contributed by atoms with Crippen molar-refractivity contribution in [2.45, 2.75) is 94.4 Å². The number of benzene rings is 1. The number of aliphatic hydroxyl groups excluding tert-OH is 1. The summed E-state index contributed by atoms with van der Waals surface area (Å²) in [7, 11) is 0. The van der Waals surface area contributed by atoms with Gasteiger partial charge in [-0.05, 0) is 63.6 Å². The Morgan fingerprint density at radius 1 is 1.22 bits per heavy atom. The average Bonchev–Trinajstić information content (AvgIpc) is 3.61. The van der Waals surface area contributed by atoms with Crippen molar-refractivity contribution in [1.82, 2.24) is 10.2 Å². The van der Waals surface area contributed by atoms with Crippen LogP contribution in [0.2, 0.25) is 0 Å². The van der Waals surface area contributed by atoms with Crippen molar-refractivity contribution in [3.63, 3.8) is 0 Å². The summed E-state index contributed by atoms with van der Waals surface area (Å²) in [5, 5.41) is 12.0. The lowest BCUT2D eigenvalue weighted by Gasteiger charge is -2.37. The van der Waals surface area contributed by atoms with Gasteiger partial charge in [0.15, 0.2) is 0 Å². The maximum atomic E-state index is 14.8. The number of allylic oxidation sites excluding steroid dienone is 1. The molecule has 252 valence electrons. The first-order valence-electron chi connectivity index (χ1n) is 16.3. The molecule has 3 aliphatic rings. The summed E-state index contributed by atoms with van der Waals surface area (Å²) in [6.07, 6.45) is 6.17. The lowest BCUT2D eigenvalue weighted by molar-refractivity contribution is -0.159. The number of nitrogens with one attached hydrogen (secondary N) is 1. The number of aryl methyl sites for hydroxylation is 2. The van der Waals surface area contributed by atoms with Crippen LogP contribution in [0, 0.1) is 25.7 Å². The van der Waals surface area contributed by atoms with Gasteiger partial charge in [0.1, 0.15) is 17.7 Å². The maximum Gasteiger partial charge on any atom is 0.312 e. The van der Waals surface area contributed by atoms with Crippen LogP contribution in [-0.4, -0.2) is 88.6 Å². The average molecular weight is 703 g/mol. The zero-order valence-corrected chi connectivity index (χ0v) is 28.8. The van der Waals surface area contributed by atoms with Gasteiger partial charge in [-0.3, -0.25) is 19.2 Å². The number of likely N-dealkylation sites (tertiary alicyclic amines) is 1. The number of unbranched alkanes of at least 4 members (excludes halogenated alkanes) is 3. The van der Waals surface area contributed by atoms with Crippen LogP contribution in [0.25, 0.3) is 0 Å². The van der Waals surface area contributed by atoms with Crippen molar-refractivity contribution in [3.8, 4) is 0 Å². The van der Waals surface area contributed by atoms with Crippen molar-refractivity contribution in [1.29, 1.82) is 0 Å². The van der Waals surface area contributed by atoms with Gasteiger partial charge in [0.25, 0.3) is 5.91 Å². The second-order valence-corrected chi connectivity index (χ2v) is 13.9. The Morgan fingerprint density at radius 3 is 2.65 bits per heavy atom. The predicted octanol–water partition coefficient (Wildman–Crippen LogP) is 4.14. The minimum absolute atomic E-state index is 0.101. The third-order valence-corrected chi connectivity index (χ3v) is 10.2. The molecule has 46 heavy (non-hydrogen) atoms. The number of halogens is 1. The molecule has 3 heterocycles. The molecule has 2 bridgehead atoms. The molecule has 0 aromatic heterocycles. The number of esters is 1. The first-order valence-corrected chi connectivity index (χ1v) is 17.2. The smallest absolute Gasteiger partial charge is 0.312 e. The second-order valence-electron chi connectivity index (χ2n) is 12.7. The topological polar surface area (TPSA) is 125 Å². The van der Waals surface area contributed by atoms with E-state index in [1.165, 1.54) is 0 Å². The molecule has 11 heteroatoms. The SMILES string of the molecule is C=CCCC(=O)NC[C@@H](C)OC(=O)[C@@H]1[C@H]2O[C@@]3(CC2Br)[C@H](C(=O)N(CC=C)c2cc(C)ccc2C)N(CCCCCCO)C(=O)[C@@H]13. The molecule has 1 aromatic carbocycles. The van der Waals surface area contributed by atoms with Crippen LogP contribution < -0.4 is 10.2 Å². The first kappa shape index (κ1) is 35.8. The number of aliphatic hydroxyl groups is 1. The Kier molecular flexibility index (Phi) is 12.2. The maximum absolute atomic E-state index is 14.8. The molecule has 7 atom stereocenters. The van der Waals surface area contributed by atoms with E-state index in [2.05, 4.69) is 34.4 Å². The quantitative estimate of drug-likeness (QED) is 0.108. The summed E-state index contributed by atoms with van der Waals surface area (Å²) in [6, 6.07) is 4.96. The van der Waals surface area contributed by atoms with Crippen LogP contribution in [0.4, 0.5) is 5.69 Å². The number of alkyl halides is 1. The molecule has 1 aromatic rings. The summed E-state index contributed by atoms with van der Waals surface area (Å²) in [5.41, 5.74) is 1.43. The molecular weight excluding hydrogens is 654 g/mol. The monoisotopic (exact) mass is 701 g/mol. The Morgan fingerprint density at radius 2 is 1.96 bits per heavy atom. The Labute approximate surface area is 280 Å². The van der Waals surface area contributed by atoms with E-state index in [4.69, 9.17) is 9.47 Å². The van der Waals surface area contributed by atoms with Gasteiger partial charge in [-0.15, -0.1) is 13.2 Å². The van der Waals surface area contributed by atoms with Crippen LogP contribution >= 0.6 is 15.9 Å². The zero-order valence-electron chi connectivity index (χ0n) is 27.2. The molecule has 3 aliphatic heterocycles. The van der Waals surface area contributed by atoms with E-state index in [9.17, 15) is 24.3 Å². The largest absolute Gasteiger partial charge is 0.460 e. The minimum atomic E-state index is -1.22. The predicted molar refractivity (Wildman–Crippen MR) is 179 cm³/mol. The minimum Gasteiger partial charge on any atom is -0.460 e. The lowest BCUT2D eigenvalue weighted by Crippen LogP contribution is -2.57. The molecule has 3 fully saturated rings. The van der Waals surface area contributed by atoms with Gasteiger partial charge >= 0.3 is 5.97 Å². The number of rotatable bonds is 17. The molecule has 2 N–H and O–H groups in total. The van der Waals surface area contributed by atoms with Crippen molar-refractivity contribution in [2.24, 2.45) is 11.8 Å². The summed E-state index contributed by atoms with van der Waals surface area (Å²) >= 11 is 3.71. The van der Waals surface area contributed by atoms with E-state index in [1.807, 2.05) is 32.0 Å². The van der Waals surface area contributed by atoms with Crippen LogP contribution in [0.15, 0.2) is 43.5 Å². The Bertz CT molecular complexity index is 1320. The van der Waals surface area contributed by atoms with Crippen LogP contribution in [0.5, 0.6) is 0 Å². The second kappa shape index (κ2) is 15.7. The normalized spacial score (nSPS) is 26.8. The number of anilines is 1. The summed E-state index contributed by atoms with van der Waals surface area (Å²) in [4.78, 5) is 58.1. The van der Waals surface area contributed by atoms with Crippen molar-refractivity contribution in [3.05, 3.63) is 54.6 Å². The van der Waals surface area contributed by atoms with Crippen LogP contribution in [0.3, 0.4) is 0 Å². The molecular formula is C35H48BrN3O7. The number of hydrogen-bond donors (Lipinski definition) is 2. The third kappa shape index (κ3) is 7.26. The van der Waals surface area contributed by atoms with E-state index in [1.54, 1.807) is 28.9 Å². The van der Waals surface area contributed by atoms with E-state index in [-0.39, 0.29) is 42.2 Å². The highest BCUT2D eigenvalue weighted by atomic mass is 79.9. The number of hydrogen-bond acceptors (Lipinski definition) is 7. The van der Waals surface area contributed by atoms with E-state index in [0.29, 0.717) is 38.6 Å². The molecule has 0 radical (unpaired) electrons. The molecule has 3 amide bonds. The van der Waals surface area contributed by atoms with Crippen LogP contribution in [0.1, 0.15) is 63.0 Å². The number of ether oxygens (including phenoxy) is 2. The molecule has 0 saturated carbocycles. The molecule has 4 rings (SSSR count). The van der Waals surface area contributed by atoms with Gasteiger partial charge in [0, 0.05) is 36.6 Å². The van der Waals surface area contributed by atoms with E-state index < -0.39 is 41.7 Å². The van der Waals surface area contributed by atoms with E-state index in [0.717, 1.165) is 29.7 Å². The van der Waals surface area contributed by atoms with Gasteiger partial charge in [0.2, 0.25) is 11.8 Å². The third-order valence-electron chi connectivity index (χ3n) is 9.32. The van der Waals surface area contributed by atoms with Gasteiger partial charge in [-0.25, -0.2) is 0 Å². The van der Waals surface area contributed by atoms with Gasteiger partial charge in [-0.1, -0.05) is 53.1 Å². The zero-order chi connectivity index (χ0) is 33.6. The number of amides is 3. The number of nitrogens with zero attached hydrogens (tertiary/aromatic N) is 2. The number of carbonyl (C=O) groups excluding carboxylic acids is 4. The van der Waals surface area contributed by atoms with E-state index >= 15 is 0 Å². The summed E-state index contributed by atoms with van der Waals surface area (Å²) in [5.74, 6) is -3.09. The first-order chi connectivity index (χ1) is 22.0. The highest BCUT2D eigenvalue weighted by molar-refractivity contribution is 9.09. The molecule has 3 saturated heterocycles. The van der Waals surface area contributed by atoms with Gasteiger partial charge < -0.3 is 29.7 Å². The molecule has 0 aliphatic carbocycles. The fraction of sp³-hybridized carbons (Fsp3) is 0.600. The highest BCUT2D eigenvalue weighted by Crippen LogP contribution is 2.60. The van der Waals surface area contributed by atoms with Crippen molar-refractivity contribution in [2.75, 3.05) is 31.1 Å². The number of fused-ring (bicyclic) bond motifs is 1. The van der Waals surface area contributed by atoms with Gasteiger partial charge in [-0.2, -0.15) is 0 Å². The van der Waals surface area contributed by atoms with Crippen molar-refractivity contribution >= 4 is 45.3 Å². The highest BCUT2D eigenvalue weighted by Gasteiger charge is 2.77. The molecule has 10 nitrogen and oxygen atoms in total. The summed E-state index contributed by atoms with van der Waals surface area (Å²) < 4.78 is 12.5. The van der Waals surface area contributed by atoms with Crippen molar-refractivity contribution < 1.29 is 33.8 Å². The fourth-order valence-electron chi connectivity index (χ4n) is 7.16. The summed E-state index contributed by atoms with van der Waals surface area (Å²) in [6.45, 7) is 13.9. The van der Waals surface area contributed by atoms with Gasteiger partial charge in [0.05, 0.1) is 24.5 Å².